The number of nitrogens with zero attached hydrogens (tertiary/aromatic N) is 1. The van der Waals surface area contributed by atoms with Gasteiger partial charge in [-0.05, 0) is 40.5 Å². The van der Waals surface area contributed by atoms with Crippen LogP contribution >= 0.6 is 0 Å². The molecule has 1 rings (SSSR count). The zero-order chi connectivity index (χ0) is 13.7. The van der Waals surface area contributed by atoms with E-state index in [9.17, 15) is 9.59 Å². The first kappa shape index (κ1) is 15.0. The van der Waals surface area contributed by atoms with Crippen LogP contribution in [0.5, 0.6) is 0 Å². The minimum absolute atomic E-state index is 0.0506. The predicted molar refractivity (Wildman–Crippen MR) is 72.1 cm³/mol. The minimum Gasteiger partial charge on any atom is -0.345 e. The minimum atomic E-state index is -0.440. The van der Waals surface area contributed by atoms with E-state index >= 15 is 0 Å². The van der Waals surface area contributed by atoms with E-state index in [0.29, 0.717) is 0 Å². The van der Waals surface area contributed by atoms with Gasteiger partial charge in [-0.2, -0.15) is 0 Å². The topological polar surface area (TPSA) is 49.4 Å². The molecule has 4 nitrogen and oxygen atoms in total. The van der Waals surface area contributed by atoms with Crippen molar-refractivity contribution in [3.05, 3.63) is 0 Å². The summed E-state index contributed by atoms with van der Waals surface area (Å²) in [6.45, 7) is 7.75. The van der Waals surface area contributed by atoms with Crippen LogP contribution in [0.2, 0.25) is 0 Å². The smallest absolute Gasteiger partial charge is 0.312 e. The van der Waals surface area contributed by atoms with E-state index in [1.807, 2.05) is 27.7 Å². The predicted octanol–water partition coefficient (Wildman–Crippen LogP) is 2.08. The summed E-state index contributed by atoms with van der Waals surface area (Å²) in [4.78, 5) is 25.7. The molecule has 0 radical (unpaired) electrons. The highest BCUT2D eigenvalue weighted by Gasteiger charge is 2.28. The highest BCUT2D eigenvalue weighted by Crippen LogP contribution is 2.17. The maximum Gasteiger partial charge on any atom is 0.312 e. The molecule has 0 aromatic heterocycles. The summed E-state index contributed by atoms with van der Waals surface area (Å²) in [5.41, 5.74) is 0. The van der Waals surface area contributed by atoms with Gasteiger partial charge in [0.25, 0.3) is 0 Å². The molecule has 0 bridgehead atoms. The zero-order valence-corrected chi connectivity index (χ0v) is 12.0. The van der Waals surface area contributed by atoms with E-state index in [1.54, 1.807) is 4.90 Å². The molecule has 2 amide bonds. The van der Waals surface area contributed by atoms with Gasteiger partial charge in [-0.3, -0.25) is 9.59 Å². The fraction of sp³-hybridized carbons (Fsp3) is 0.857. The quantitative estimate of drug-likeness (QED) is 0.784. The van der Waals surface area contributed by atoms with Crippen molar-refractivity contribution in [2.75, 3.05) is 0 Å². The third-order valence-electron chi connectivity index (χ3n) is 3.48. The van der Waals surface area contributed by atoms with Crippen molar-refractivity contribution in [1.29, 1.82) is 0 Å². The number of carbonyl (C=O) groups excluding carboxylic acids is 2. The van der Waals surface area contributed by atoms with Gasteiger partial charge in [0.05, 0.1) is 0 Å². The largest absolute Gasteiger partial charge is 0.345 e. The van der Waals surface area contributed by atoms with E-state index in [0.717, 1.165) is 25.7 Å². The molecule has 0 aliphatic heterocycles. The highest BCUT2D eigenvalue weighted by atomic mass is 16.2. The summed E-state index contributed by atoms with van der Waals surface area (Å²) in [5.74, 6) is -0.838. The summed E-state index contributed by atoms with van der Waals surface area (Å²) in [7, 11) is 0. The van der Waals surface area contributed by atoms with Gasteiger partial charge in [-0.15, -0.1) is 0 Å². The van der Waals surface area contributed by atoms with Crippen molar-refractivity contribution in [1.82, 2.24) is 10.2 Å². The Hall–Kier alpha value is -1.06. The van der Waals surface area contributed by atoms with Gasteiger partial charge in [0.15, 0.2) is 0 Å². The monoisotopic (exact) mass is 254 g/mol. The Kier molecular flexibility index (Phi) is 5.63. The van der Waals surface area contributed by atoms with Gasteiger partial charge in [-0.1, -0.05) is 19.3 Å². The molecular weight excluding hydrogens is 228 g/mol. The number of hydrogen-bond donors (Lipinski definition) is 1. The molecule has 1 aliphatic rings. The molecular formula is C14H26N2O2. The molecule has 0 spiro atoms. The first-order valence-electron chi connectivity index (χ1n) is 7.06. The lowest BCUT2D eigenvalue weighted by Crippen LogP contribution is -2.51. The van der Waals surface area contributed by atoms with Crippen LogP contribution in [0.1, 0.15) is 59.8 Å². The molecule has 1 N–H and O–H groups in total. The second-order valence-electron chi connectivity index (χ2n) is 5.71. The SMILES string of the molecule is CC(C)N(C(=O)C(=O)NC1CCCCC1)C(C)C. The zero-order valence-electron chi connectivity index (χ0n) is 12.0. The van der Waals surface area contributed by atoms with Crippen LogP contribution in [0.15, 0.2) is 0 Å². The molecule has 104 valence electrons. The number of carbonyl (C=O) groups is 2. The molecule has 0 unspecified atom stereocenters. The van der Waals surface area contributed by atoms with Gasteiger partial charge in [0.1, 0.15) is 0 Å². The summed E-state index contributed by atoms with van der Waals surface area (Å²) >= 11 is 0. The Morgan fingerprint density at radius 3 is 1.94 bits per heavy atom. The third kappa shape index (κ3) is 4.00. The van der Waals surface area contributed by atoms with E-state index in [-0.39, 0.29) is 18.1 Å². The van der Waals surface area contributed by atoms with Crippen LogP contribution < -0.4 is 5.32 Å². The molecule has 0 aromatic rings. The van der Waals surface area contributed by atoms with Crippen LogP contribution in [0.25, 0.3) is 0 Å². The molecule has 0 aromatic carbocycles. The maximum absolute atomic E-state index is 12.1. The van der Waals surface area contributed by atoms with Crippen molar-refractivity contribution in [3.63, 3.8) is 0 Å². The average molecular weight is 254 g/mol. The Balaban J connectivity index is 2.56. The Morgan fingerprint density at radius 1 is 1.00 bits per heavy atom. The molecule has 1 fully saturated rings. The second kappa shape index (κ2) is 6.76. The first-order valence-corrected chi connectivity index (χ1v) is 7.06. The van der Waals surface area contributed by atoms with Crippen LogP contribution in [0, 0.1) is 0 Å². The summed E-state index contributed by atoms with van der Waals surface area (Å²) in [5, 5.41) is 2.88. The number of rotatable bonds is 3. The lowest BCUT2D eigenvalue weighted by atomic mass is 9.95. The molecule has 0 atom stereocenters. The number of amides is 2. The van der Waals surface area contributed by atoms with Crippen molar-refractivity contribution in [3.8, 4) is 0 Å². The fourth-order valence-electron chi connectivity index (χ4n) is 2.68. The summed E-state index contributed by atoms with van der Waals surface area (Å²) < 4.78 is 0. The van der Waals surface area contributed by atoms with E-state index in [4.69, 9.17) is 0 Å². The van der Waals surface area contributed by atoms with Crippen LogP contribution in [-0.4, -0.2) is 34.8 Å². The lowest BCUT2D eigenvalue weighted by Gasteiger charge is -2.31. The van der Waals surface area contributed by atoms with E-state index in [1.165, 1.54) is 6.42 Å². The molecule has 1 aliphatic carbocycles. The molecule has 4 heteroatoms. The standard InChI is InChI=1S/C14H26N2O2/c1-10(2)16(11(3)4)14(18)13(17)15-12-8-6-5-7-9-12/h10-12H,5-9H2,1-4H3,(H,15,17). The van der Waals surface area contributed by atoms with Crippen molar-refractivity contribution < 1.29 is 9.59 Å². The maximum atomic E-state index is 12.1. The summed E-state index contributed by atoms with van der Waals surface area (Å²) in [6, 6.07) is 0.292. The van der Waals surface area contributed by atoms with Gasteiger partial charge >= 0.3 is 11.8 Å². The number of hydrogen-bond acceptors (Lipinski definition) is 2. The summed E-state index contributed by atoms with van der Waals surface area (Å²) in [6.07, 6.45) is 5.55. The average Bonchev–Trinajstić information content (AvgIpc) is 2.29. The van der Waals surface area contributed by atoms with E-state index in [2.05, 4.69) is 5.32 Å². The van der Waals surface area contributed by atoms with Gasteiger partial charge in [0.2, 0.25) is 0 Å². The fourth-order valence-corrected chi connectivity index (χ4v) is 2.68. The molecule has 1 saturated carbocycles. The normalized spacial score (nSPS) is 17.0. The molecule has 0 heterocycles. The van der Waals surface area contributed by atoms with Crippen molar-refractivity contribution in [2.45, 2.75) is 77.9 Å². The van der Waals surface area contributed by atoms with Gasteiger partial charge in [0, 0.05) is 18.1 Å². The lowest BCUT2D eigenvalue weighted by molar-refractivity contribution is -0.148. The van der Waals surface area contributed by atoms with Crippen molar-refractivity contribution >= 4 is 11.8 Å². The Bertz CT molecular complexity index is 286. The third-order valence-corrected chi connectivity index (χ3v) is 3.48. The molecule has 18 heavy (non-hydrogen) atoms. The first-order chi connectivity index (χ1) is 8.43. The Morgan fingerprint density at radius 2 is 1.50 bits per heavy atom. The van der Waals surface area contributed by atoms with E-state index < -0.39 is 11.8 Å². The van der Waals surface area contributed by atoms with Crippen LogP contribution in [0.4, 0.5) is 0 Å². The Labute approximate surface area is 110 Å². The van der Waals surface area contributed by atoms with Gasteiger partial charge < -0.3 is 10.2 Å². The second-order valence-corrected chi connectivity index (χ2v) is 5.71. The highest BCUT2D eigenvalue weighted by molar-refractivity contribution is 6.35. The number of nitrogens with one attached hydrogen (secondary N) is 1. The van der Waals surface area contributed by atoms with Crippen LogP contribution in [-0.2, 0) is 9.59 Å². The van der Waals surface area contributed by atoms with Gasteiger partial charge in [-0.25, -0.2) is 0 Å². The van der Waals surface area contributed by atoms with Crippen molar-refractivity contribution in [2.24, 2.45) is 0 Å². The molecule has 0 saturated heterocycles. The van der Waals surface area contributed by atoms with Crippen LogP contribution in [0.3, 0.4) is 0 Å².